The lowest BCUT2D eigenvalue weighted by Crippen LogP contribution is -2.52. The van der Waals surface area contributed by atoms with E-state index >= 15 is 0 Å². The fourth-order valence-corrected chi connectivity index (χ4v) is 5.30. The number of hydrogen-bond donors (Lipinski definition) is 1. The van der Waals surface area contributed by atoms with Crippen LogP contribution in [0.4, 0.5) is 0 Å². The van der Waals surface area contributed by atoms with Crippen LogP contribution in [0.15, 0.2) is 24.3 Å². The Kier molecular flexibility index (Phi) is 15.2. The van der Waals surface area contributed by atoms with Crippen LogP contribution in [-0.4, -0.2) is 35.2 Å². The van der Waals surface area contributed by atoms with Crippen molar-refractivity contribution in [2.24, 2.45) is 5.92 Å². The maximum atomic E-state index is 13.1. The molecule has 0 aromatic heterocycles. The Morgan fingerprint density at radius 1 is 0.703 bits per heavy atom. The first-order valence-corrected chi connectivity index (χ1v) is 15.3. The Hall–Kier alpha value is -2.17. The topological polar surface area (TPSA) is 66.5 Å². The van der Waals surface area contributed by atoms with Gasteiger partial charge in [-0.05, 0) is 24.5 Å². The number of carbonyl (C=O) groups is 3. The minimum absolute atomic E-state index is 0.104. The summed E-state index contributed by atoms with van der Waals surface area (Å²) >= 11 is 0. The highest BCUT2D eigenvalue weighted by Crippen LogP contribution is 2.28. The molecule has 0 unspecified atom stereocenters. The van der Waals surface area contributed by atoms with E-state index in [0.717, 1.165) is 12.8 Å². The highest BCUT2D eigenvalue weighted by atomic mass is 16.2. The van der Waals surface area contributed by atoms with Crippen molar-refractivity contribution in [3.8, 4) is 0 Å². The number of carbonyl (C=O) groups excluding carboxylic acids is 3. The van der Waals surface area contributed by atoms with Crippen LogP contribution in [-0.2, 0) is 4.79 Å². The van der Waals surface area contributed by atoms with Gasteiger partial charge in [-0.1, -0.05) is 136 Å². The maximum Gasteiger partial charge on any atom is 0.262 e. The van der Waals surface area contributed by atoms with E-state index in [0.29, 0.717) is 24.1 Å². The SMILES string of the molecule is CCCCCCCCCCCCCCCCCCNC(=O)[C@H]([C@@H](C)CC)N1C(=O)c2ccccc2C1=O. The van der Waals surface area contributed by atoms with Crippen LogP contribution in [0, 0.1) is 5.92 Å². The summed E-state index contributed by atoms with van der Waals surface area (Å²) in [5.74, 6) is -1.04. The Labute approximate surface area is 226 Å². The van der Waals surface area contributed by atoms with Gasteiger partial charge in [0.25, 0.3) is 11.8 Å². The van der Waals surface area contributed by atoms with E-state index in [1.54, 1.807) is 24.3 Å². The molecule has 1 aliphatic heterocycles. The van der Waals surface area contributed by atoms with Crippen LogP contribution in [0.25, 0.3) is 0 Å². The molecule has 2 atom stereocenters. The summed E-state index contributed by atoms with van der Waals surface area (Å²) in [6.07, 6.45) is 21.8. The van der Waals surface area contributed by atoms with Gasteiger partial charge in [-0.15, -0.1) is 0 Å². The fourth-order valence-electron chi connectivity index (χ4n) is 5.30. The van der Waals surface area contributed by atoms with Crippen LogP contribution < -0.4 is 5.32 Å². The summed E-state index contributed by atoms with van der Waals surface area (Å²) in [5.41, 5.74) is 0.790. The second kappa shape index (κ2) is 18.1. The molecule has 37 heavy (non-hydrogen) atoms. The third kappa shape index (κ3) is 10.2. The van der Waals surface area contributed by atoms with Crippen LogP contribution >= 0.6 is 0 Å². The van der Waals surface area contributed by atoms with Crippen molar-refractivity contribution in [2.45, 2.75) is 136 Å². The van der Waals surface area contributed by atoms with Gasteiger partial charge in [0, 0.05) is 6.54 Å². The predicted molar refractivity (Wildman–Crippen MR) is 153 cm³/mol. The van der Waals surface area contributed by atoms with Crippen molar-refractivity contribution in [1.82, 2.24) is 10.2 Å². The van der Waals surface area contributed by atoms with E-state index in [-0.39, 0.29) is 23.6 Å². The molecular weight excluding hydrogens is 460 g/mol. The highest BCUT2D eigenvalue weighted by molar-refractivity contribution is 6.22. The van der Waals surface area contributed by atoms with Crippen LogP contribution in [0.1, 0.15) is 151 Å². The number of nitrogens with zero attached hydrogens (tertiary/aromatic N) is 1. The number of benzene rings is 1. The molecule has 1 heterocycles. The maximum absolute atomic E-state index is 13.1. The minimum Gasteiger partial charge on any atom is -0.354 e. The molecule has 0 saturated heterocycles. The zero-order chi connectivity index (χ0) is 26.9. The van der Waals surface area contributed by atoms with Crippen molar-refractivity contribution in [3.05, 3.63) is 35.4 Å². The van der Waals surface area contributed by atoms with Crippen LogP contribution in [0.2, 0.25) is 0 Å². The zero-order valence-corrected chi connectivity index (χ0v) is 23.9. The number of hydrogen-bond acceptors (Lipinski definition) is 3. The van der Waals surface area contributed by atoms with Gasteiger partial charge in [0.05, 0.1) is 11.1 Å². The molecule has 0 radical (unpaired) electrons. The average Bonchev–Trinajstić information content (AvgIpc) is 3.15. The summed E-state index contributed by atoms with van der Waals surface area (Å²) in [6, 6.07) is 6.07. The van der Waals surface area contributed by atoms with Crippen molar-refractivity contribution in [1.29, 1.82) is 0 Å². The number of fused-ring (bicyclic) bond motifs is 1. The summed E-state index contributed by atoms with van der Waals surface area (Å²) in [5, 5.41) is 3.01. The zero-order valence-electron chi connectivity index (χ0n) is 23.9. The lowest BCUT2D eigenvalue weighted by molar-refractivity contribution is -0.126. The van der Waals surface area contributed by atoms with Gasteiger partial charge in [-0.25, -0.2) is 0 Å². The van der Waals surface area contributed by atoms with E-state index in [9.17, 15) is 14.4 Å². The van der Waals surface area contributed by atoms with Gasteiger partial charge < -0.3 is 5.32 Å². The molecule has 0 fully saturated rings. The number of nitrogens with one attached hydrogen (secondary N) is 1. The molecule has 1 aromatic carbocycles. The van der Waals surface area contributed by atoms with Crippen molar-refractivity contribution in [2.75, 3.05) is 6.54 Å². The van der Waals surface area contributed by atoms with E-state index in [1.807, 2.05) is 13.8 Å². The Bertz CT molecular complexity index is 787. The van der Waals surface area contributed by atoms with Crippen molar-refractivity contribution in [3.63, 3.8) is 0 Å². The first kappa shape index (κ1) is 31.1. The fraction of sp³-hybridized carbons (Fsp3) is 0.719. The second-order valence-electron chi connectivity index (χ2n) is 11.0. The smallest absolute Gasteiger partial charge is 0.262 e. The summed E-state index contributed by atoms with van der Waals surface area (Å²) in [6.45, 7) is 6.78. The van der Waals surface area contributed by atoms with E-state index in [4.69, 9.17) is 0 Å². The van der Waals surface area contributed by atoms with Gasteiger partial charge in [-0.3, -0.25) is 19.3 Å². The quantitative estimate of drug-likeness (QED) is 0.134. The van der Waals surface area contributed by atoms with E-state index < -0.39 is 6.04 Å². The Morgan fingerprint density at radius 2 is 1.11 bits per heavy atom. The molecule has 208 valence electrons. The monoisotopic (exact) mass is 512 g/mol. The molecule has 3 amide bonds. The molecule has 5 heteroatoms. The van der Waals surface area contributed by atoms with E-state index in [1.165, 1.54) is 94.8 Å². The predicted octanol–water partition coefficient (Wildman–Crippen LogP) is 8.08. The molecule has 0 bridgehead atoms. The lowest BCUT2D eigenvalue weighted by Gasteiger charge is -2.29. The van der Waals surface area contributed by atoms with Crippen LogP contribution in [0.5, 0.6) is 0 Å². The summed E-state index contributed by atoms with van der Waals surface area (Å²) in [4.78, 5) is 40.1. The molecule has 1 aliphatic rings. The minimum atomic E-state index is -0.765. The van der Waals surface area contributed by atoms with Gasteiger partial charge >= 0.3 is 0 Å². The molecule has 0 spiro atoms. The highest BCUT2D eigenvalue weighted by Gasteiger charge is 2.44. The molecule has 0 aliphatic carbocycles. The molecule has 1 N–H and O–H groups in total. The third-order valence-corrected chi connectivity index (χ3v) is 7.88. The Morgan fingerprint density at radius 3 is 1.51 bits per heavy atom. The normalized spacial score (nSPS) is 14.6. The third-order valence-electron chi connectivity index (χ3n) is 7.88. The molecule has 2 rings (SSSR count). The largest absolute Gasteiger partial charge is 0.354 e. The van der Waals surface area contributed by atoms with Gasteiger partial charge in [0.2, 0.25) is 5.91 Å². The number of rotatable bonds is 21. The number of unbranched alkanes of at least 4 members (excludes halogenated alkanes) is 15. The van der Waals surface area contributed by atoms with Crippen molar-refractivity contribution >= 4 is 17.7 Å². The number of amides is 3. The number of imide groups is 1. The molecule has 1 aromatic rings. The average molecular weight is 513 g/mol. The van der Waals surface area contributed by atoms with Gasteiger partial charge in [-0.2, -0.15) is 0 Å². The molecular formula is C32H52N2O3. The summed E-state index contributed by atoms with van der Waals surface area (Å²) in [7, 11) is 0. The molecule has 5 nitrogen and oxygen atoms in total. The van der Waals surface area contributed by atoms with E-state index in [2.05, 4.69) is 12.2 Å². The standard InChI is InChI=1S/C32H52N2O3/c1-4-6-7-8-9-10-11-12-13-14-15-16-17-18-19-22-25-33-30(35)29(26(3)5-2)34-31(36)27-23-20-21-24-28(27)32(34)37/h20-21,23-24,26,29H,4-19,22,25H2,1-3H3,(H,33,35)/t26-,29-/m0/s1. The van der Waals surface area contributed by atoms with Crippen LogP contribution in [0.3, 0.4) is 0 Å². The summed E-state index contributed by atoms with van der Waals surface area (Å²) < 4.78 is 0. The first-order chi connectivity index (χ1) is 18.0. The molecule has 0 saturated carbocycles. The first-order valence-electron chi connectivity index (χ1n) is 15.3. The van der Waals surface area contributed by atoms with Gasteiger partial charge in [0.15, 0.2) is 0 Å². The van der Waals surface area contributed by atoms with Gasteiger partial charge in [0.1, 0.15) is 6.04 Å². The van der Waals surface area contributed by atoms with Crippen molar-refractivity contribution < 1.29 is 14.4 Å². The Balaban J connectivity index is 1.55. The lowest BCUT2D eigenvalue weighted by atomic mass is 9.96. The second-order valence-corrected chi connectivity index (χ2v) is 11.0.